The van der Waals surface area contributed by atoms with Crippen LogP contribution in [0.5, 0.6) is 0 Å². The van der Waals surface area contributed by atoms with Crippen molar-refractivity contribution in [1.82, 2.24) is 4.98 Å². The van der Waals surface area contributed by atoms with E-state index in [9.17, 15) is 0 Å². The first-order valence-corrected chi connectivity index (χ1v) is 5.37. The van der Waals surface area contributed by atoms with Gasteiger partial charge >= 0.3 is 0 Å². The molecule has 70 valence electrons. The van der Waals surface area contributed by atoms with Crippen molar-refractivity contribution in [3.63, 3.8) is 0 Å². The Morgan fingerprint density at radius 1 is 1.23 bits per heavy atom. The monoisotopic (exact) mass is 259 g/mol. The van der Waals surface area contributed by atoms with E-state index in [1.807, 2.05) is 38.2 Å². The molecule has 0 amide bonds. The van der Waals surface area contributed by atoms with Crippen LogP contribution in [0, 0.1) is 0 Å². The van der Waals surface area contributed by atoms with E-state index in [-0.39, 0.29) is 0 Å². The molecule has 1 nitrogen and oxygen atoms in total. The molecule has 3 heteroatoms. The summed E-state index contributed by atoms with van der Waals surface area (Å²) in [4.78, 5) is 3.07. The maximum Gasteiger partial charge on any atom is 0.0654 e. The highest BCUT2D eigenvalue weighted by Crippen LogP contribution is 2.28. The highest BCUT2D eigenvalue weighted by Gasteiger charge is 2.01. The molecule has 0 saturated carbocycles. The zero-order chi connectivity index (χ0) is 9.84. The molecule has 13 heavy (non-hydrogen) atoms. The second kappa shape index (κ2) is 4.68. The largest absolute Gasteiger partial charge is 0.360 e. The van der Waals surface area contributed by atoms with Crippen LogP contribution in [0.3, 0.4) is 0 Å². The minimum atomic E-state index is 0.758. The Morgan fingerprint density at radius 2 is 1.92 bits per heavy atom. The molecule has 0 radical (unpaired) electrons. The van der Waals surface area contributed by atoms with Gasteiger partial charge in [-0.2, -0.15) is 0 Å². The molecule has 1 aromatic carbocycles. The van der Waals surface area contributed by atoms with E-state index in [0.717, 1.165) is 20.4 Å². The van der Waals surface area contributed by atoms with Gasteiger partial charge in [-0.05, 0) is 18.2 Å². The van der Waals surface area contributed by atoms with Gasteiger partial charge in [0, 0.05) is 16.1 Å². The Bertz CT molecular complexity index is 359. The lowest BCUT2D eigenvalue weighted by Gasteiger charge is -1.95. The average Bonchev–Trinajstić information content (AvgIpc) is 2.64. The lowest BCUT2D eigenvalue weighted by atomic mass is 10.2. The van der Waals surface area contributed by atoms with Crippen LogP contribution in [0.2, 0.25) is 5.02 Å². The molecule has 1 N–H and O–H groups in total. The lowest BCUT2D eigenvalue weighted by molar-refractivity contribution is 1.48. The van der Waals surface area contributed by atoms with Gasteiger partial charge in [-0.25, -0.2) is 0 Å². The molecule has 2 rings (SSSR count). The van der Waals surface area contributed by atoms with Crippen molar-refractivity contribution in [1.29, 1.82) is 0 Å². The maximum absolute atomic E-state index is 5.92. The third-order valence-corrected chi connectivity index (χ3v) is 2.63. The standard InChI is InChI=1S/C8H5BrClN.C2H6/c9-6-1-2-7(10)8-5(6)3-4-11-8;1-2/h1-4,11H;1-2H3. The van der Waals surface area contributed by atoms with Gasteiger partial charge in [0.05, 0.1) is 10.5 Å². The summed E-state index contributed by atoms with van der Waals surface area (Å²) in [6, 6.07) is 5.80. The topological polar surface area (TPSA) is 15.8 Å². The molecule has 0 saturated heterocycles. The quantitative estimate of drug-likeness (QED) is 0.712. The second-order valence-corrected chi connectivity index (χ2v) is 3.56. The first-order valence-electron chi connectivity index (χ1n) is 4.20. The lowest BCUT2D eigenvalue weighted by Crippen LogP contribution is -1.71. The molecule has 0 spiro atoms. The average molecular weight is 261 g/mol. The summed E-state index contributed by atoms with van der Waals surface area (Å²) >= 11 is 9.35. The number of hydrogen-bond acceptors (Lipinski definition) is 0. The molecule has 0 atom stereocenters. The SMILES string of the molecule is CC.Clc1ccc(Br)c2cc[nH]c12. The third kappa shape index (κ3) is 2.06. The summed E-state index contributed by atoms with van der Waals surface area (Å²) in [5.74, 6) is 0. The number of aromatic nitrogens is 1. The first-order chi connectivity index (χ1) is 6.29. The summed E-state index contributed by atoms with van der Waals surface area (Å²) in [7, 11) is 0. The van der Waals surface area contributed by atoms with Gasteiger partial charge in [0.25, 0.3) is 0 Å². The van der Waals surface area contributed by atoms with Crippen LogP contribution >= 0.6 is 27.5 Å². The van der Waals surface area contributed by atoms with Crippen LogP contribution < -0.4 is 0 Å². The van der Waals surface area contributed by atoms with Crippen LogP contribution in [0.25, 0.3) is 10.9 Å². The predicted molar refractivity (Wildman–Crippen MR) is 62.4 cm³/mol. The van der Waals surface area contributed by atoms with Crippen molar-refractivity contribution in [2.75, 3.05) is 0 Å². The molecule has 1 aromatic heterocycles. The second-order valence-electron chi connectivity index (χ2n) is 2.30. The van der Waals surface area contributed by atoms with Crippen LogP contribution in [-0.2, 0) is 0 Å². The fourth-order valence-corrected chi connectivity index (χ4v) is 1.77. The molecule has 0 aliphatic heterocycles. The Morgan fingerprint density at radius 3 is 2.54 bits per heavy atom. The fraction of sp³-hybridized carbons (Fsp3) is 0.200. The van der Waals surface area contributed by atoms with Crippen molar-refractivity contribution in [3.8, 4) is 0 Å². The Labute approximate surface area is 91.2 Å². The highest BCUT2D eigenvalue weighted by atomic mass is 79.9. The minimum Gasteiger partial charge on any atom is -0.360 e. The number of H-pyrrole nitrogens is 1. The molecule has 0 bridgehead atoms. The number of benzene rings is 1. The Kier molecular flexibility index (Phi) is 3.82. The number of fused-ring (bicyclic) bond motifs is 1. The Balaban J connectivity index is 0.000000396. The molecule has 1 heterocycles. The van der Waals surface area contributed by atoms with E-state index >= 15 is 0 Å². The van der Waals surface area contributed by atoms with E-state index in [4.69, 9.17) is 11.6 Å². The van der Waals surface area contributed by atoms with Gasteiger partial charge in [-0.1, -0.05) is 41.4 Å². The van der Waals surface area contributed by atoms with Crippen molar-refractivity contribution >= 4 is 38.4 Å². The van der Waals surface area contributed by atoms with Crippen LogP contribution in [0.4, 0.5) is 0 Å². The summed E-state index contributed by atoms with van der Waals surface area (Å²) in [5, 5.41) is 1.88. The zero-order valence-electron chi connectivity index (χ0n) is 7.57. The van der Waals surface area contributed by atoms with Gasteiger partial charge < -0.3 is 4.98 Å². The molecule has 2 aromatic rings. The van der Waals surface area contributed by atoms with Crippen molar-refractivity contribution in [3.05, 3.63) is 33.9 Å². The fourth-order valence-electron chi connectivity index (χ4n) is 1.09. The summed E-state index contributed by atoms with van der Waals surface area (Å²) in [6.07, 6.45) is 1.88. The maximum atomic E-state index is 5.92. The molecule has 0 aliphatic carbocycles. The van der Waals surface area contributed by atoms with E-state index in [0.29, 0.717) is 0 Å². The van der Waals surface area contributed by atoms with Gasteiger partial charge in [0.1, 0.15) is 0 Å². The molecule has 0 unspecified atom stereocenters. The van der Waals surface area contributed by atoms with Crippen LogP contribution in [0.1, 0.15) is 13.8 Å². The molecule has 0 aliphatic rings. The summed E-state index contributed by atoms with van der Waals surface area (Å²) < 4.78 is 1.07. The highest BCUT2D eigenvalue weighted by molar-refractivity contribution is 9.10. The van der Waals surface area contributed by atoms with Crippen LogP contribution in [0.15, 0.2) is 28.9 Å². The zero-order valence-corrected chi connectivity index (χ0v) is 9.91. The molecule has 0 fully saturated rings. The predicted octanol–water partition coefficient (Wildman–Crippen LogP) is 4.61. The summed E-state index contributed by atoms with van der Waals surface area (Å²) in [5.41, 5.74) is 0.987. The number of aromatic amines is 1. The van der Waals surface area contributed by atoms with Crippen LogP contribution in [-0.4, -0.2) is 4.98 Å². The minimum absolute atomic E-state index is 0.758. The van der Waals surface area contributed by atoms with E-state index < -0.39 is 0 Å². The number of hydrogen-bond donors (Lipinski definition) is 1. The van der Waals surface area contributed by atoms with E-state index in [1.165, 1.54) is 0 Å². The number of rotatable bonds is 0. The van der Waals surface area contributed by atoms with E-state index in [1.54, 1.807) is 0 Å². The molecular weight excluding hydrogens is 249 g/mol. The third-order valence-electron chi connectivity index (χ3n) is 1.62. The Hall–Kier alpha value is -0.470. The van der Waals surface area contributed by atoms with Gasteiger partial charge in [0.15, 0.2) is 0 Å². The van der Waals surface area contributed by atoms with Gasteiger partial charge in [0.2, 0.25) is 0 Å². The normalized spacial score (nSPS) is 9.54. The van der Waals surface area contributed by atoms with Crippen molar-refractivity contribution in [2.24, 2.45) is 0 Å². The first kappa shape index (κ1) is 10.6. The smallest absolute Gasteiger partial charge is 0.0654 e. The van der Waals surface area contributed by atoms with Gasteiger partial charge in [-0.15, -0.1) is 0 Å². The molecular formula is C10H11BrClN. The van der Waals surface area contributed by atoms with E-state index in [2.05, 4.69) is 20.9 Å². The van der Waals surface area contributed by atoms with Crippen molar-refractivity contribution in [2.45, 2.75) is 13.8 Å². The summed E-state index contributed by atoms with van der Waals surface area (Å²) in [6.45, 7) is 4.00. The van der Waals surface area contributed by atoms with Crippen molar-refractivity contribution < 1.29 is 0 Å². The number of nitrogens with one attached hydrogen (secondary N) is 1. The number of halogens is 2. The van der Waals surface area contributed by atoms with Gasteiger partial charge in [-0.3, -0.25) is 0 Å².